The predicted octanol–water partition coefficient (Wildman–Crippen LogP) is 2.36. The van der Waals surface area contributed by atoms with Gasteiger partial charge in [0.05, 0.1) is 16.8 Å². The van der Waals surface area contributed by atoms with Gasteiger partial charge in [0, 0.05) is 18.7 Å². The number of aromatic nitrogens is 2. The summed E-state index contributed by atoms with van der Waals surface area (Å²) >= 11 is 3.45. The Morgan fingerprint density at radius 3 is 2.95 bits per heavy atom. The molecule has 3 rings (SSSR count). The third kappa shape index (κ3) is 2.41. The summed E-state index contributed by atoms with van der Waals surface area (Å²) in [4.78, 5) is 8.67. The van der Waals surface area contributed by atoms with Crippen LogP contribution >= 0.6 is 15.9 Å². The number of nitrogen functional groups attached to an aromatic ring is 1. The van der Waals surface area contributed by atoms with E-state index in [1.807, 2.05) is 12.1 Å². The Morgan fingerprint density at radius 2 is 2.15 bits per heavy atom. The molecule has 0 atom stereocenters. The van der Waals surface area contributed by atoms with E-state index in [0.717, 1.165) is 15.7 Å². The minimum atomic E-state index is 0.212. The van der Waals surface area contributed by atoms with Crippen molar-refractivity contribution in [2.75, 3.05) is 19.6 Å². The van der Waals surface area contributed by atoms with E-state index in [1.165, 1.54) is 0 Å². The van der Waals surface area contributed by atoms with Crippen LogP contribution in [-0.4, -0.2) is 23.9 Å². The summed E-state index contributed by atoms with van der Waals surface area (Å²) in [5.41, 5.74) is 7.33. The Bertz CT molecular complexity index is 664. The first-order chi connectivity index (χ1) is 9.67. The van der Waals surface area contributed by atoms with E-state index in [9.17, 15) is 0 Å². The van der Waals surface area contributed by atoms with Gasteiger partial charge in [-0.3, -0.25) is 0 Å². The first-order valence-corrected chi connectivity index (χ1v) is 6.68. The minimum absolute atomic E-state index is 0.212. The van der Waals surface area contributed by atoms with Gasteiger partial charge in [0.1, 0.15) is 5.82 Å². The molecule has 0 saturated heterocycles. The van der Waals surface area contributed by atoms with Crippen molar-refractivity contribution in [2.24, 2.45) is 0 Å². The average molecular weight is 338 g/mol. The van der Waals surface area contributed by atoms with Gasteiger partial charge in [0.15, 0.2) is 17.3 Å². The Hall–Kier alpha value is -1.86. The van der Waals surface area contributed by atoms with E-state index in [-0.39, 0.29) is 6.79 Å². The third-order valence-corrected chi connectivity index (χ3v) is 3.37. The van der Waals surface area contributed by atoms with Crippen LogP contribution in [0, 0.1) is 0 Å². The summed E-state index contributed by atoms with van der Waals surface area (Å²) in [7, 11) is 1.61. The molecule has 0 aliphatic carbocycles. The first kappa shape index (κ1) is 13.1. The van der Waals surface area contributed by atoms with Gasteiger partial charge in [0.25, 0.3) is 0 Å². The fraction of sp³-hybridized carbons (Fsp3) is 0.231. The maximum absolute atomic E-state index is 5.80. The number of ether oxygens (including phenoxy) is 3. The molecule has 0 saturated carbocycles. The lowest BCUT2D eigenvalue weighted by Crippen LogP contribution is -2.01. The van der Waals surface area contributed by atoms with Gasteiger partial charge in [0.2, 0.25) is 6.79 Å². The quantitative estimate of drug-likeness (QED) is 0.926. The van der Waals surface area contributed by atoms with Crippen molar-refractivity contribution in [1.82, 2.24) is 9.97 Å². The van der Waals surface area contributed by atoms with E-state index in [0.29, 0.717) is 29.7 Å². The highest BCUT2D eigenvalue weighted by atomic mass is 79.9. The molecule has 20 heavy (non-hydrogen) atoms. The number of anilines is 1. The number of benzene rings is 1. The van der Waals surface area contributed by atoms with Crippen LogP contribution in [0.1, 0.15) is 5.69 Å². The highest BCUT2D eigenvalue weighted by Crippen LogP contribution is 2.41. The van der Waals surface area contributed by atoms with Gasteiger partial charge in [-0.1, -0.05) is 0 Å². The number of hydrogen-bond donors (Lipinski definition) is 1. The van der Waals surface area contributed by atoms with Crippen LogP contribution in [0.25, 0.3) is 11.4 Å². The second kappa shape index (κ2) is 5.26. The summed E-state index contributed by atoms with van der Waals surface area (Å²) in [6.07, 6.45) is 0. The largest absolute Gasteiger partial charge is 0.454 e. The maximum Gasteiger partial charge on any atom is 0.231 e. The second-order valence-corrected chi connectivity index (χ2v) is 5.09. The Balaban J connectivity index is 2.07. The summed E-state index contributed by atoms with van der Waals surface area (Å²) in [5, 5.41) is 0. The minimum Gasteiger partial charge on any atom is -0.454 e. The smallest absolute Gasteiger partial charge is 0.231 e. The molecule has 0 unspecified atom stereocenters. The zero-order valence-corrected chi connectivity index (χ0v) is 12.3. The molecule has 7 heteroatoms. The van der Waals surface area contributed by atoms with Gasteiger partial charge < -0.3 is 19.9 Å². The van der Waals surface area contributed by atoms with Crippen LogP contribution < -0.4 is 15.2 Å². The molecule has 0 spiro atoms. The van der Waals surface area contributed by atoms with Gasteiger partial charge in [-0.05, 0) is 28.1 Å². The lowest BCUT2D eigenvalue weighted by molar-refractivity contribution is 0.173. The van der Waals surface area contributed by atoms with Crippen molar-refractivity contribution in [2.45, 2.75) is 6.61 Å². The summed E-state index contributed by atoms with van der Waals surface area (Å²) in [5.74, 6) is 2.27. The van der Waals surface area contributed by atoms with Crippen molar-refractivity contribution in [3.63, 3.8) is 0 Å². The number of nitrogens with two attached hydrogens (primary N) is 1. The van der Waals surface area contributed by atoms with E-state index in [2.05, 4.69) is 25.9 Å². The van der Waals surface area contributed by atoms with E-state index >= 15 is 0 Å². The van der Waals surface area contributed by atoms with Crippen LogP contribution in [-0.2, 0) is 11.3 Å². The lowest BCUT2D eigenvalue weighted by Gasteiger charge is -2.07. The normalized spacial score (nSPS) is 12.7. The molecule has 2 aromatic rings. The summed E-state index contributed by atoms with van der Waals surface area (Å²) in [6.45, 7) is 0.593. The van der Waals surface area contributed by atoms with Gasteiger partial charge >= 0.3 is 0 Å². The van der Waals surface area contributed by atoms with Gasteiger partial charge in [-0.15, -0.1) is 0 Å². The highest BCUT2D eigenvalue weighted by Gasteiger charge is 2.19. The number of halogens is 1. The van der Waals surface area contributed by atoms with Crippen molar-refractivity contribution in [1.29, 1.82) is 0 Å². The fourth-order valence-electron chi connectivity index (χ4n) is 1.97. The van der Waals surface area contributed by atoms with Crippen molar-refractivity contribution in [3.8, 4) is 22.9 Å². The molecule has 0 radical (unpaired) electrons. The molecule has 0 fully saturated rings. The lowest BCUT2D eigenvalue weighted by atomic mass is 10.2. The van der Waals surface area contributed by atoms with Crippen LogP contribution in [0.4, 0.5) is 5.82 Å². The Kier molecular flexibility index (Phi) is 3.45. The van der Waals surface area contributed by atoms with Crippen molar-refractivity contribution < 1.29 is 14.2 Å². The molecule has 1 aliphatic rings. The zero-order valence-electron chi connectivity index (χ0n) is 10.7. The molecule has 6 nitrogen and oxygen atoms in total. The molecule has 0 amide bonds. The van der Waals surface area contributed by atoms with Crippen molar-refractivity contribution >= 4 is 21.7 Å². The highest BCUT2D eigenvalue weighted by molar-refractivity contribution is 9.10. The monoisotopic (exact) mass is 337 g/mol. The maximum atomic E-state index is 5.80. The number of methoxy groups -OCH3 is 1. The molecule has 1 aromatic carbocycles. The third-order valence-electron chi connectivity index (χ3n) is 2.78. The molecular formula is C13H12BrN3O3. The SMILES string of the molecule is COCc1cc(N)nc(-c2cc(Br)c3c(c2)OCO3)n1. The van der Waals surface area contributed by atoms with Crippen LogP contribution in [0.2, 0.25) is 0 Å². The number of fused-ring (bicyclic) bond motifs is 1. The standard InChI is InChI=1S/C13H12BrN3O3/c1-18-5-8-4-11(15)17-13(16-8)7-2-9(14)12-10(3-7)19-6-20-12/h2-4H,5-6H2,1H3,(H2,15,16,17). The van der Waals surface area contributed by atoms with Crippen LogP contribution in [0.15, 0.2) is 22.7 Å². The molecule has 104 valence electrons. The van der Waals surface area contributed by atoms with Crippen molar-refractivity contribution in [3.05, 3.63) is 28.4 Å². The van der Waals surface area contributed by atoms with E-state index in [1.54, 1.807) is 13.2 Å². The summed E-state index contributed by atoms with van der Waals surface area (Å²) < 4.78 is 16.6. The molecule has 1 aliphatic heterocycles. The topological polar surface area (TPSA) is 79.5 Å². The van der Waals surface area contributed by atoms with Gasteiger partial charge in [-0.2, -0.15) is 0 Å². The fourth-order valence-corrected chi connectivity index (χ4v) is 2.52. The molecule has 1 aromatic heterocycles. The summed E-state index contributed by atoms with van der Waals surface area (Å²) in [6, 6.07) is 5.40. The number of nitrogens with zero attached hydrogens (tertiary/aromatic N) is 2. The Morgan fingerprint density at radius 1 is 1.30 bits per heavy atom. The van der Waals surface area contributed by atoms with E-state index in [4.69, 9.17) is 19.9 Å². The number of rotatable bonds is 3. The number of hydrogen-bond acceptors (Lipinski definition) is 6. The molecule has 2 heterocycles. The zero-order chi connectivity index (χ0) is 14.1. The van der Waals surface area contributed by atoms with Gasteiger partial charge in [-0.25, -0.2) is 9.97 Å². The van der Waals surface area contributed by atoms with E-state index < -0.39 is 0 Å². The second-order valence-electron chi connectivity index (χ2n) is 4.23. The van der Waals surface area contributed by atoms with Crippen LogP contribution in [0.3, 0.4) is 0 Å². The molecule has 0 bridgehead atoms. The predicted molar refractivity (Wildman–Crippen MR) is 76.4 cm³/mol. The van der Waals surface area contributed by atoms with Crippen LogP contribution in [0.5, 0.6) is 11.5 Å². The molecule has 2 N–H and O–H groups in total. The Labute approximate surface area is 124 Å². The average Bonchev–Trinajstić information content (AvgIpc) is 2.87. The molecular weight excluding hydrogens is 326 g/mol. The first-order valence-electron chi connectivity index (χ1n) is 5.89.